The molecule has 0 saturated carbocycles. The van der Waals surface area contributed by atoms with E-state index in [1.165, 1.54) is 16.5 Å². The van der Waals surface area contributed by atoms with Crippen LogP contribution in [0.25, 0.3) is 10.9 Å². The Kier molecular flexibility index (Phi) is 4.85. The van der Waals surface area contributed by atoms with Gasteiger partial charge in [-0.15, -0.1) is 0 Å². The molecule has 29 heavy (non-hydrogen) atoms. The summed E-state index contributed by atoms with van der Waals surface area (Å²) in [6.45, 7) is 5.93. The molecule has 0 aliphatic carbocycles. The highest BCUT2D eigenvalue weighted by Gasteiger charge is 2.40. The number of aryl methyl sites for hydroxylation is 1. The second-order valence-corrected chi connectivity index (χ2v) is 7.83. The Labute approximate surface area is 170 Å². The number of aromatic amines is 1. The van der Waals surface area contributed by atoms with Crippen LogP contribution in [0.2, 0.25) is 0 Å². The van der Waals surface area contributed by atoms with Crippen molar-refractivity contribution < 1.29 is 9.47 Å². The number of hydrogen-bond acceptors (Lipinski definition) is 6. The second-order valence-electron chi connectivity index (χ2n) is 7.83. The fourth-order valence-electron chi connectivity index (χ4n) is 4.28. The Morgan fingerprint density at radius 1 is 1.14 bits per heavy atom. The van der Waals surface area contributed by atoms with Gasteiger partial charge in [0.1, 0.15) is 5.82 Å². The first-order valence-corrected chi connectivity index (χ1v) is 10.4. The van der Waals surface area contributed by atoms with Crippen molar-refractivity contribution in [3.05, 3.63) is 47.8 Å². The van der Waals surface area contributed by atoms with Crippen LogP contribution in [0.1, 0.15) is 24.1 Å². The molecule has 2 saturated heterocycles. The number of H-pyrrole nitrogens is 1. The molecule has 2 aliphatic heterocycles. The first kappa shape index (κ1) is 18.4. The van der Waals surface area contributed by atoms with Gasteiger partial charge in [0.05, 0.1) is 13.2 Å². The van der Waals surface area contributed by atoms with Crippen molar-refractivity contribution >= 4 is 22.7 Å². The van der Waals surface area contributed by atoms with Crippen LogP contribution in [-0.4, -0.2) is 53.6 Å². The first-order valence-electron chi connectivity index (χ1n) is 10.4. The first-order chi connectivity index (χ1) is 14.2. The minimum atomic E-state index is -0.374. The zero-order chi connectivity index (χ0) is 19.7. The van der Waals surface area contributed by atoms with Crippen LogP contribution in [-0.2, 0) is 15.9 Å². The van der Waals surface area contributed by atoms with Gasteiger partial charge in [0.2, 0.25) is 5.95 Å². The van der Waals surface area contributed by atoms with Gasteiger partial charge in [-0.2, -0.15) is 4.98 Å². The lowest BCUT2D eigenvalue weighted by Gasteiger charge is -2.37. The number of para-hydroxylation sites is 1. The van der Waals surface area contributed by atoms with Crippen LogP contribution in [0.4, 0.5) is 11.8 Å². The SMILES string of the molecule is Cc1cc(NCCc2c[nH]c3ccccc23)nc(N2CCC3(CC2)OCCO3)n1. The van der Waals surface area contributed by atoms with Crippen LogP contribution in [0.15, 0.2) is 36.5 Å². The summed E-state index contributed by atoms with van der Waals surface area (Å²) >= 11 is 0. The summed E-state index contributed by atoms with van der Waals surface area (Å²) in [5, 5.41) is 4.76. The Bertz CT molecular complexity index is 986. The maximum absolute atomic E-state index is 5.83. The Hall–Kier alpha value is -2.64. The maximum Gasteiger partial charge on any atom is 0.227 e. The summed E-state index contributed by atoms with van der Waals surface area (Å²) in [7, 11) is 0. The lowest BCUT2D eigenvalue weighted by Crippen LogP contribution is -2.45. The molecule has 1 spiro atoms. The van der Waals surface area contributed by atoms with Gasteiger partial charge in [-0.1, -0.05) is 18.2 Å². The molecule has 2 aromatic heterocycles. The van der Waals surface area contributed by atoms with Gasteiger partial charge in [-0.3, -0.25) is 0 Å². The Morgan fingerprint density at radius 3 is 2.76 bits per heavy atom. The van der Waals surface area contributed by atoms with E-state index >= 15 is 0 Å². The molecule has 5 rings (SSSR count). The average Bonchev–Trinajstić information content (AvgIpc) is 3.36. The van der Waals surface area contributed by atoms with Crippen molar-refractivity contribution in [2.24, 2.45) is 0 Å². The number of anilines is 2. The van der Waals surface area contributed by atoms with Crippen LogP contribution >= 0.6 is 0 Å². The van der Waals surface area contributed by atoms with Crippen molar-refractivity contribution in [3.63, 3.8) is 0 Å². The van der Waals surface area contributed by atoms with Gasteiger partial charge >= 0.3 is 0 Å². The molecule has 0 unspecified atom stereocenters. The molecule has 2 fully saturated rings. The number of hydrogen-bond donors (Lipinski definition) is 2. The van der Waals surface area contributed by atoms with Crippen molar-refractivity contribution in [3.8, 4) is 0 Å². The average molecular weight is 393 g/mol. The van der Waals surface area contributed by atoms with Gasteiger partial charge in [0.15, 0.2) is 5.79 Å². The standard InChI is InChI=1S/C22H27N5O2/c1-16-14-20(23-9-6-17-15-24-19-5-3-2-4-18(17)19)26-21(25-16)27-10-7-22(8-11-27)28-12-13-29-22/h2-5,14-15,24H,6-13H2,1H3,(H,23,25,26). The van der Waals surface area contributed by atoms with Crippen molar-refractivity contribution in [2.75, 3.05) is 43.1 Å². The number of aromatic nitrogens is 3. The largest absolute Gasteiger partial charge is 0.370 e. The smallest absolute Gasteiger partial charge is 0.227 e. The van der Waals surface area contributed by atoms with Gasteiger partial charge in [0, 0.05) is 61.3 Å². The third kappa shape index (κ3) is 3.80. The van der Waals surface area contributed by atoms with E-state index in [4.69, 9.17) is 14.5 Å². The van der Waals surface area contributed by atoms with Gasteiger partial charge < -0.3 is 24.7 Å². The molecule has 2 aliphatic rings. The fourth-order valence-corrected chi connectivity index (χ4v) is 4.28. The summed E-state index contributed by atoms with van der Waals surface area (Å²) < 4.78 is 11.7. The molecule has 4 heterocycles. The van der Waals surface area contributed by atoms with Crippen LogP contribution in [0, 0.1) is 6.92 Å². The quantitative estimate of drug-likeness (QED) is 0.693. The molecular weight excluding hydrogens is 366 g/mol. The molecule has 7 nitrogen and oxygen atoms in total. The van der Waals surface area contributed by atoms with Crippen LogP contribution < -0.4 is 10.2 Å². The van der Waals surface area contributed by atoms with E-state index in [0.29, 0.717) is 13.2 Å². The summed E-state index contributed by atoms with van der Waals surface area (Å²) in [4.78, 5) is 15.0. The summed E-state index contributed by atoms with van der Waals surface area (Å²) in [5.74, 6) is 1.29. The number of rotatable bonds is 5. The van der Waals surface area contributed by atoms with Gasteiger partial charge in [0.25, 0.3) is 0 Å². The molecule has 7 heteroatoms. The second kappa shape index (κ2) is 7.65. The molecule has 2 N–H and O–H groups in total. The minimum Gasteiger partial charge on any atom is -0.370 e. The molecule has 0 amide bonds. The van der Waals surface area contributed by atoms with E-state index < -0.39 is 0 Å². The number of nitrogens with zero attached hydrogens (tertiary/aromatic N) is 3. The Balaban J connectivity index is 1.23. The molecule has 1 aromatic carbocycles. The van der Waals surface area contributed by atoms with E-state index in [1.54, 1.807) is 0 Å². The highest BCUT2D eigenvalue weighted by Crippen LogP contribution is 2.32. The summed E-state index contributed by atoms with van der Waals surface area (Å²) in [5.41, 5.74) is 3.47. The van der Waals surface area contributed by atoms with E-state index in [2.05, 4.69) is 50.6 Å². The fraction of sp³-hybridized carbons (Fsp3) is 0.455. The molecule has 0 radical (unpaired) electrons. The third-order valence-electron chi connectivity index (χ3n) is 5.84. The van der Waals surface area contributed by atoms with Crippen LogP contribution in [0.3, 0.4) is 0 Å². The van der Waals surface area contributed by atoms with Crippen molar-refractivity contribution in [1.29, 1.82) is 0 Å². The predicted molar refractivity (Wildman–Crippen MR) is 113 cm³/mol. The number of benzene rings is 1. The predicted octanol–water partition coefficient (Wildman–Crippen LogP) is 3.26. The highest BCUT2D eigenvalue weighted by molar-refractivity contribution is 5.83. The van der Waals surface area contributed by atoms with E-state index in [-0.39, 0.29) is 5.79 Å². The molecule has 0 atom stereocenters. The lowest BCUT2D eigenvalue weighted by atomic mass is 10.0. The van der Waals surface area contributed by atoms with Crippen LogP contribution in [0.5, 0.6) is 0 Å². The topological polar surface area (TPSA) is 75.3 Å². The molecule has 152 valence electrons. The van der Waals surface area contributed by atoms with E-state index in [0.717, 1.165) is 56.4 Å². The number of nitrogens with one attached hydrogen (secondary N) is 2. The number of ether oxygens (including phenoxy) is 2. The van der Waals surface area contributed by atoms with Crippen molar-refractivity contribution in [1.82, 2.24) is 15.0 Å². The van der Waals surface area contributed by atoms with Gasteiger partial charge in [-0.05, 0) is 25.0 Å². The monoisotopic (exact) mass is 393 g/mol. The minimum absolute atomic E-state index is 0.374. The lowest BCUT2D eigenvalue weighted by molar-refractivity contribution is -0.169. The van der Waals surface area contributed by atoms with Gasteiger partial charge in [-0.25, -0.2) is 4.98 Å². The van der Waals surface area contributed by atoms with E-state index in [9.17, 15) is 0 Å². The molecule has 3 aromatic rings. The number of piperidine rings is 1. The molecular formula is C22H27N5O2. The zero-order valence-corrected chi connectivity index (χ0v) is 16.8. The summed E-state index contributed by atoms with van der Waals surface area (Å²) in [6, 6.07) is 10.4. The van der Waals surface area contributed by atoms with Crippen molar-refractivity contribution in [2.45, 2.75) is 32.0 Å². The molecule has 0 bridgehead atoms. The van der Waals surface area contributed by atoms with E-state index in [1.807, 2.05) is 13.0 Å². The Morgan fingerprint density at radius 2 is 1.93 bits per heavy atom. The zero-order valence-electron chi connectivity index (χ0n) is 16.8. The highest BCUT2D eigenvalue weighted by atomic mass is 16.7. The third-order valence-corrected chi connectivity index (χ3v) is 5.84. The normalized spacial score (nSPS) is 18.6. The number of fused-ring (bicyclic) bond motifs is 1. The summed E-state index contributed by atoms with van der Waals surface area (Å²) in [6.07, 6.45) is 4.74. The maximum atomic E-state index is 5.83.